The van der Waals surface area contributed by atoms with Crippen molar-refractivity contribution < 1.29 is 32.2 Å². The number of benzene rings is 4. The Hall–Kier alpha value is -4.54. The van der Waals surface area contributed by atoms with Crippen molar-refractivity contribution in [2.45, 2.75) is 29.4 Å². The van der Waals surface area contributed by atoms with Crippen molar-refractivity contribution in [3.8, 4) is 16.9 Å². The van der Waals surface area contributed by atoms with Gasteiger partial charge in [-0.3, -0.25) is 4.79 Å². The monoisotopic (exact) mass is 630 g/mol. The smallest absolute Gasteiger partial charge is 0.252 e. The molecule has 1 aliphatic rings. The lowest BCUT2D eigenvalue weighted by atomic mass is 9.84. The molecular weight excluding hydrogens is 595 g/mol. The largest absolute Gasteiger partial charge is 0.494 e. The Morgan fingerprint density at radius 2 is 1.51 bits per heavy atom. The summed E-state index contributed by atoms with van der Waals surface area (Å²) in [6.45, 7) is -0.683. The van der Waals surface area contributed by atoms with Gasteiger partial charge >= 0.3 is 0 Å². The minimum absolute atomic E-state index is 0.0169. The quantitative estimate of drug-likeness (QED) is 0.182. The van der Waals surface area contributed by atoms with Gasteiger partial charge < -0.3 is 19.9 Å². The summed E-state index contributed by atoms with van der Waals surface area (Å²) >= 11 is 0. The molecule has 4 aromatic carbocycles. The molecule has 0 aliphatic carbocycles. The molecule has 0 fully saturated rings. The van der Waals surface area contributed by atoms with Crippen molar-refractivity contribution in [2.24, 2.45) is 4.99 Å². The number of aliphatic hydroxyl groups is 1. The van der Waals surface area contributed by atoms with Crippen LogP contribution in [0.5, 0.6) is 5.75 Å². The normalized spacial score (nSPS) is 17.7. The molecule has 4 aromatic rings. The van der Waals surface area contributed by atoms with E-state index in [1.807, 2.05) is 54.6 Å². The van der Waals surface area contributed by atoms with Crippen molar-refractivity contribution in [3.63, 3.8) is 0 Å². The molecule has 0 aromatic heterocycles. The number of ether oxygens (including phenoxy) is 2. The molecule has 0 saturated heterocycles. The van der Waals surface area contributed by atoms with Crippen LogP contribution in [-0.2, 0) is 19.4 Å². The van der Waals surface area contributed by atoms with Gasteiger partial charge in [0, 0.05) is 31.6 Å². The number of rotatable bonds is 14. The van der Waals surface area contributed by atoms with Gasteiger partial charge in [-0.05, 0) is 53.1 Å². The first kappa shape index (κ1) is 31.9. The van der Waals surface area contributed by atoms with E-state index in [9.17, 15) is 17.6 Å². The van der Waals surface area contributed by atoms with Crippen LogP contribution in [0.15, 0.2) is 119 Å². The number of carbonyl (C=O) groups is 1. The zero-order valence-corrected chi connectivity index (χ0v) is 25.5. The molecule has 0 radical (unpaired) electrons. The molecule has 234 valence electrons. The van der Waals surface area contributed by atoms with Crippen molar-refractivity contribution in [1.82, 2.24) is 5.32 Å². The number of halogens is 1. The van der Waals surface area contributed by atoms with Gasteiger partial charge in [-0.1, -0.05) is 72.8 Å². The minimum Gasteiger partial charge on any atom is -0.494 e. The molecule has 0 unspecified atom stereocenters. The second-order valence-electron chi connectivity index (χ2n) is 10.6. The summed E-state index contributed by atoms with van der Waals surface area (Å²) in [4.78, 5) is 18.9. The second-order valence-corrected chi connectivity index (χ2v) is 12.7. The number of nitrogens with zero attached hydrogens (tertiary/aromatic N) is 1. The summed E-state index contributed by atoms with van der Waals surface area (Å²) in [5.74, 6) is -0.281. The Morgan fingerprint density at radius 1 is 0.889 bits per heavy atom. The van der Waals surface area contributed by atoms with E-state index in [0.29, 0.717) is 29.9 Å². The predicted molar refractivity (Wildman–Crippen MR) is 171 cm³/mol. The summed E-state index contributed by atoms with van der Waals surface area (Å²) in [6, 6.07) is 32.3. The molecule has 0 bridgehead atoms. The van der Waals surface area contributed by atoms with Gasteiger partial charge in [0.25, 0.3) is 5.91 Å². The number of amides is 1. The van der Waals surface area contributed by atoms with Crippen molar-refractivity contribution in [2.75, 3.05) is 32.2 Å². The van der Waals surface area contributed by atoms with E-state index in [0.717, 1.165) is 11.1 Å². The zero-order valence-electron chi connectivity index (χ0n) is 24.6. The minimum atomic E-state index is -3.80. The predicted octanol–water partition coefficient (Wildman–Crippen LogP) is 5.32. The fraction of sp³-hybridized carbons (Fsp3) is 0.257. The van der Waals surface area contributed by atoms with E-state index in [1.165, 1.54) is 12.1 Å². The van der Waals surface area contributed by atoms with E-state index in [2.05, 4.69) is 5.32 Å². The Kier molecular flexibility index (Phi) is 10.3. The average Bonchev–Trinajstić information content (AvgIpc) is 3.48. The molecule has 1 aliphatic heterocycles. The number of hydrogen-bond donors (Lipinski definition) is 2. The number of alkyl halides is 1. The van der Waals surface area contributed by atoms with Crippen molar-refractivity contribution in [3.05, 3.63) is 120 Å². The van der Waals surface area contributed by atoms with Gasteiger partial charge in [0.2, 0.25) is 5.90 Å². The van der Waals surface area contributed by atoms with Gasteiger partial charge in [-0.2, -0.15) is 0 Å². The summed E-state index contributed by atoms with van der Waals surface area (Å²) in [5.41, 5.74) is 1.42. The summed E-state index contributed by atoms with van der Waals surface area (Å²) in [6.07, 6.45) is -0.715. The Labute approximate surface area is 262 Å². The lowest BCUT2D eigenvalue weighted by Gasteiger charge is -2.30. The van der Waals surface area contributed by atoms with Gasteiger partial charge in [0.1, 0.15) is 12.4 Å². The fourth-order valence-electron chi connectivity index (χ4n) is 5.20. The third kappa shape index (κ3) is 7.41. The number of sulfone groups is 1. The van der Waals surface area contributed by atoms with Gasteiger partial charge in [0.15, 0.2) is 21.5 Å². The molecule has 8 nitrogen and oxygen atoms in total. The summed E-state index contributed by atoms with van der Waals surface area (Å²) in [5, 5.41) is 11.6. The lowest BCUT2D eigenvalue weighted by Crippen LogP contribution is -2.49. The molecule has 10 heteroatoms. The molecule has 0 spiro atoms. The molecule has 0 saturated carbocycles. The van der Waals surface area contributed by atoms with Crippen LogP contribution in [0.2, 0.25) is 0 Å². The average molecular weight is 631 g/mol. The molecule has 45 heavy (non-hydrogen) atoms. The summed E-state index contributed by atoms with van der Waals surface area (Å²) in [7, 11) is -3.80. The van der Waals surface area contributed by atoms with Crippen molar-refractivity contribution >= 4 is 21.6 Å². The molecule has 2 N–H and O–H groups in total. The number of nitrogens with one attached hydrogen (secondary N) is 1. The van der Waals surface area contributed by atoms with E-state index in [4.69, 9.17) is 19.6 Å². The second kappa shape index (κ2) is 14.5. The van der Waals surface area contributed by atoms with Crippen LogP contribution in [-0.4, -0.2) is 63.1 Å². The Bertz CT molecular complexity index is 1700. The zero-order chi connectivity index (χ0) is 31.7. The highest BCUT2D eigenvalue weighted by Gasteiger charge is 2.53. The SMILES string of the molecule is O=C(NCCF)[C@]1(CCS(=O)(=O)c2ccccc2)N=C(c2ccc(OCCCO)cc2)O[C@@H]1c1ccc(-c2ccccc2)cc1. The van der Waals surface area contributed by atoms with Crippen LogP contribution in [0.25, 0.3) is 11.1 Å². The maximum absolute atomic E-state index is 13.9. The number of aliphatic hydroxyl groups excluding tert-OH is 1. The maximum Gasteiger partial charge on any atom is 0.252 e. The van der Waals surface area contributed by atoms with Crippen molar-refractivity contribution in [1.29, 1.82) is 0 Å². The topological polar surface area (TPSA) is 114 Å². The van der Waals surface area contributed by atoms with E-state index in [1.54, 1.807) is 42.5 Å². The number of hydrogen-bond acceptors (Lipinski definition) is 7. The highest BCUT2D eigenvalue weighted by Crippen LogP contribution is 2.43. The van der Waals surface area contributed by atoms with Crippen LogP contribution < -0.4 is 10.1 Å². The number of aliphatic imine (C=N–C) groups is 1. The Morgan fingerprint density at radius 3 is 2.16 bits per heavy atom. The first-order valence-electron chi connectivity index (χ1n) is 14.7. The van der Waals surface area contributed by atoms with Gasteiger partial charge in [-0.25, -0.2) is 17.8 Å². The molecular formula is C35H35FN2O6S. The molecule has 1 amide bonds. The van der Waals surface area contributed by atoms with E-state index in [-0.39, 0.29) is 30.4 Å². The highest BCUT2D eigenvalue weighted by molar-refractivity contribution is 7.91. The van der Waals surface area contributed by atoms with Crippen LogP contribution in [0, 0.1) is 0 Å². The van der Waals surface area contributed by atoms with Gasteiger partial charge in [0.05, 0.1) is 17.3 Å². The third-order valence-corrected chi connectivity index (χ3v) is 9.32. The van der Waals surface area contributed by atoms with Gasteiger partial charge in [-0.15, -0.1) is 0 Å². The maximum atomic E-state index is 13.9. The van der Waals surface area contributed by atoms with Crippen LogP contribution >= 0.6 is 0 Å². The first-order valence-corrected chi connectivity index (χ1v) is 16.4. The third-order valence-electron chi connectivity index (χ3n) is 7.58. The fourth-order valence-corrected chi connectivity index (χ4v) is 6.59. The van der Waals surface area contributed by atoms with E-state index >= 15 is 0 Å². The molecule has 2 atom stereocenters. The lowest BCUT2D eigenvalue weighted by molar-refractivity contribution is -0.129. The van der Waals surface area contributed by atoms with E-state index < -0.39 is 39.8 Å². The standard InChI is InChI=1S/C35H35FN2O6S/c36-21-22-37-34(40)35(20-25-45(41,42)31-10-5-2-6-11-31)32(28-14-12-27(13-15-28)26-8-3-1-4-9-26)44-33(38-35)29-16-18-30(19-17-29)43-24-7-23-39/h1-6,8-19,32,39H,7,20-25H2,(H,37,40)/t32-,35-/m1/s1. The molecule has 1 heterocycles. The first-order chi connectivity index (χ1) is 21.9. The Balaban J connectivity index is 1.54. The summed E-state index contributed by atoms with van der Waals surface area (Å²) < 4.78 is 52.1. The number of carbonyl (C=O) groups excluding carboxylic acids is 1. The molecule has 5 rings (SSSR count). The highest BCUT2D eigenvalue weighted by atomic mass is 32.2. The van der Waals surface area contributed by atoms with Crippen LogP contribution in [0.4, 0.5) is 4.39 Å². The van der Waals surface area contributed by atoms with Crippen LogP contribution in [0.3, 0.4) is 0 Å². The van der Waals surface area contributed by atoms with Crippen LogP contribution in [0.1, 0.15) is 30.1 Å².